The number of carbonyl (C=O) groups is 1. The highest BCUT2D eigenvalue weighted by Gasteiger charge is 2.47. The van der Waals surface area contributed by atoms with Crippen molar-refractivity contribution >= 4 is 22.5 Å². The Bertz CT molecular complexity index is 425. The molecule has 3 N–H and O–H groups in total. The number of rotatable bonds is 3. The van der Waals surface area contributed by atoms with E-state index in [-0.39, 0.29) is 24.6 Å². The van der Waals surface area contributed by atoms with E-state index in [1.165, 1.54) is 17.8 Å². The molecule has 6 nitrogen and oxygen atoms in total. The van der Waals surface area contributed by atoms with Crippen LogP contribution in [-0.4, -0.2) is 34.0 Å². The van der Waals surface area contributed by atoms with E-state index in [1.54, 1.807) is 5.51 Å². The zero-order valence-electron chi connectivity index (χ0n) is 9.87. The second-order valence-corrected chi connectivity index (χ2v) is 5.88. The molecular weight excluding hydrogens is 252 g/mol. The topological polar surface area (TPSA) is 87.1 Å². The van der Waals surface area contributed by atoms with Gasteiger partial charge in [0.25, 0.3) is 0 Å². The molecule has 18 heavy (non-hydrogen) atoms. The Balaban J connectivity index is 1.60. The van der Waals surface area contributed by atoms with Gasteiger partial charge in [-0.05, 0) is 31.1 Å². The van der Waals surface area contributed by atoms with Crippen LogP contribution < -0.4 is 10.6 Å². The number of nitrogens with zero attached hydrogens (tertiary/aromatic N) is 2. The van der Waals surface area contributed by atoms with Gasteiger partial charge in [-0.15, -0.1) is 10.2 Å². The number of fused-ring (bicyclic) bond motifs is 2. The number of hydrogen-bond donors (Lipinski definition) is 3. The van der Waals surface area contributed by atoms with Crippen molar-refractivity contribution in [3.05, 3.63) is 5.51 Å². The van der Waals surface area contributed by atoms with Crippen molar-refractivity contribution in [3.8, 4) is 0 Å². The van der Waals surface area contributed by atoms with E-state index in [0.29, 0.717) is 17.0 Å². The van der Waals surface area contributed by atoms with Crippen LogP contribution in [0.15, 0.2) is 5.51 Å². The molecule has 0 saturated heterocycles. The summed E-state index contributed by atoms with van der Waals surface area (Å²) in [4.78, 5) is 11.8. The van der Waals surface area contributed by atoms with Crippen molar-refractivity contribution in [2.24, 2.45) is 17.8 Å². The predicted molar refractivity (Wildman–Crippen MR) is 67.3 cm³/mol. The minimum atomic E-state index is -0.247. The number of aromatic nitrogens is 2. The van der Waals surface area contributed by atoms with E-state index in [0.717, 1.165) is 12.8 Å². The van der Waals surface area contributed by atoms with Crippen LogP contribution in [0.5, 0.6) is 0 Å². The van der Waals surface area contributed by atoms with Crippen LogP contribution in [0.4, 0.5) is 9.93 Å². The van der Waals surface area contributed by atoms with Gasteiger partial charge in [0.2, 0.25) is 5.13 Å². The Hall–Kier alpha value is -1.21. The summed E-state index contributed by atoms with van der Waals surface area (Å²) < 4.78 is 0. The largest absolute Gasteiger partial charge is 0.396 e. The molecular formula is C11H16N4O2S. The number of aliphatic hydroxyl groups excluding tert-OH is 1. The number of nitrogens with one attached hydrogen (secondary N) is 2. The minimum absolute atomic E-state index is 0.0988. The molecule has 98 valence electrons. The van der Waals surface area contributed by atoms with Crippen molar-refractivity contribution in [3.63, 3.8) is 0 Å². The lowest BCUT2D eigenvalue weighted by molar-refractivity contribution is 0.146. The van der Waals surface area contributed by atoms with Crippen molar-refractivity contribution in [1.29, 1.82) is 0 Å². The lowest BCUT2D eigenvalue weighted by atomic mass is 9.85. The Morgan fingerprint density at radius 3 is 3.06 bits per heavy atom. The average Bonchev–Trinajstić information content (AvgIpc) is 3.04. The molecule has 2 amide bonds. The molecule has 2 saturated carbocycles. The molecule has 1 aromatic heterocycles. The normalized spacial score (nSPS) is 33.6. The van der Waals surface area contributed by atoms with Gasteiger partial charge in [0.1, 0.15) is 5.51 Å². The van der Waals surface area contributed by atoms with Crippen molar-refractivity contribution in [2.75, 3.05) is 11.9 Å². The average molecular weight is 268 g/mol. The highest BCUT2D eigenvalue weighted by molar-refractivity contribution is 7.13. The second-order valence-electron chi connectivity index (χ2n) is 5.05. The minimum Gasteiger partial charge on any atom is -0.396 e. The zero-order chi connectivity index (χ0) is 12.5. The Morgan fingerprint density at radius 1 is 1.50 bits per heavy atom. The summed E-state index contributed by atoms with van der Waals surface area (Å²) in [5, 5.41) is 23.0. The Morgan fingerprint density at radius 2 is 2.33 bits per heavy atom. The van der Waals surface area contributed by atoms with Crippen LogP contribution in [0.3, 0.4) is 0 Å². The summed E-state index contributed by atoms with van der Waals surface area (Å²) in [6.45, 7) is 0.158. The van der Waals surface area contributed by atoms with Gasteiger partial charge in [-0.1, -0.05) is 11.3 Å². The molecule has 0 aliphatic heterocycles. The van der Waals surface area contributed by atoms with E-state index >= 15 is 0 Å². The van der Waals surface area contributed by atoms with Gasteiger partial charge < -0.3 is 10.4 Å². The summed E-state index contributed by atoms with van der Waals surface area (Å²) in [5.41, 5.74) is 1.57. The fraction of sp³-hybridized carbons (Fsp3) is 0.727. The Labute approximate surface area is 109 Å². The second kappa shape index (κ2) is 4.81. The van der Waals surface area contributed by atoms with Crippen LogP contribution in [0.25, 0.3) is 0 Å². The maximum Gasteiger partial charge on any atom is 0.321 e. The van der Waals surface area contributed by atoms with Crippen LogP contribution in [0.1, 0.15) is 19.3 Å². The number of amides is 2. The molecule has 7 heteroatoms. The number of urea groups is 1. The molecule has 1 aromatic rings. The molecule has 2 fully saturated rings. The standard InChI is InChI=1S/C11H16N4O2S/c16-4-8-6-1-2-7(3-6)9(8)13-10(17)14-11-15-12-5-18-11/h5-9,16H,1-4H2,(H2,13,14,15,17). The number of anilines is 1. The van der Waals surface area contributed by atoms with Crippen LogP contribution in [-0.2, 0) is 0 Å². The number of carbonyl (C=O) groups excluding carboxylic acids is 1. The zero-order valence-corrected chi connectivity index (χ0v) is 10.7. The molecule has 0 aromatic carbocycles. The van der Waals surface area contributed by atoms with E-state index in [9.17, 15) is 9.90 Å². The highest BCUT2D eigenvalue weighted by Crippen LogP contribution is 2.48. The fourth-order valence-electron chi connectivity index (χ4n) is 3.41. The molecule has 0 radical (unpaired) electrons. The monoisotopic (exact) mass is 268 g/mol. The van der Waals surface area contributed by atoms with E-state index in [4.69, 9.17) is 0 Å². The van der Waals surface area contributed by atoms with E-state index in [1.807, 2.05) is 0 Å². The third kappa shape index (κ3) is 2.08. The van der Waals surface area contributed by atoms with Crippen LogP contribution in [0, 0.1) is 17.8 Å². The first-order valence-corrected chi connectivity index (χ1v) is 7.10. The molecule has 3 rings (SSSR count). The third-order valence-electron chi connectivity index (χ3n) is 4.18. The van der Waals surface area contributed by atoms with Gasteiger partial charge in [-0.3, -0.25) is 5.32 Å². The van der Waals surface area contributed by atoms with Gasteiger partial charge in [-0.25, -0.2) is 4.79 Å². The van der Waals surface area contributed by atoms with Gasteiger partial charge in [0.15, 0.2) is 0 Å². The summed E-state index contributed by atoms with van der Waals surface area (Å²) >= 11 is 1.29. The third-order valence-corrected chi connectivity index (χ3v) is 4.78. The van der Waals surface area contributed by atoms with Gasteiger partial charge in [-0.2, -0.15) is 0 Å². The van der Waals surface area contributed by atoms with Crippen molar-refractivity contribution < 1.29 is 9.90 Å². The SMILES string of the molecule is O=C(Nc1nncs1)NC1C2CCC(C2)C1CO. The predicted octanol–water partition coefficient (Wildman–Crippen LogP) is 1.07. The summed E-state index contributed by atoms with van der Waals surface area (Å²) in [5.74, 6) is 1.31. The van der Waals surface area contributed by atoms with Crippen molar-refractivity contribution in [1.82, 2.24) is 15.5 Å². The fourth-order valence-corrected chi connectivity index (χ4v) is 3.85. The quantitative estimate of drug-likeness (QED) is 0.765. The Kier molecular flexibility index (Phi) is 3.17. The summed E-state index contributed by atoms with van der Waals surface area (Å²) in [7, 11) is 0. The maximum absolute atomic E-state index is 11.8. The summed E-state index contributed by atoms with van der Waals surface area (Å²) in [6, 6.07) is -0.149. The maximum atomic E-state index is 11.8. The molecule has 2 aliphatic rings. The van der Waals surface area contributed by atoms with Crippen LogP contribution >= 0.6 is 11.3 Å². The lowest BCUT2D eigenvalue weighted by Gasteiger charge is -2.30. The molecule has 4 atom stereocenters. The molecule has 1 heterocycles. The molecule has 2 bridgehead atoms. The molecule has 4 unspecified atom stereocenters. The van der Waals surface area contributed by atoms with E-state index < -0.39 is 0 Å². The van der Waals surface area contributed by atoms with E-state index in [2.05, 4.69) is 20.8 Å². The van der Waals surface area contributed by atoms with Crippen molar-refractivity contribution in [2.45, 2.75) is 25.3 Å². The highest BCUT2D eigenvalue weighted by atomic mass is 32.1. The number of aliphatic hydroxyl groups is 1. The lowest BCUT2D eigenvalue weighted by Crippen LogP contribution is -2.46. The molecule has 0 spiro atoms. The first-order chi connectivity index (χ1) is 8.78. The summed E-state index contributed by atoms with van der Waals surface area (Å²) in [6.07, 6.45) is 3.48. The smallest absolute Gasteiger partial charge is 0.321 e. The first kappa shape index (κ1) is 11.9. The number of hydrogen-bond acceptors (Lipinski definition) is 5. The van der Waals surface area contributed by atoms with Crippen LogP contribution in [0.2, 0.25) is 0 Å². The van der Waals surface area contributed by atoms with Gasteiger partial charge >= 0.3 is 6.03 Å². The molecule has 2 aliphatic carbocycles. The first-order valence-electron chi connectivity index (χ1n) is 6.22. The van der Waals surface area contributed by atoms with Gasteiger partial charge in [0, 0.05) is 18.6 Å². The van der Waals surface area contributed by atoms with Gasteiger partial charge in [0.05, 0.1) is 0 Å².